The number of thioether (sulfide) groups is 1. The van der Waals surface area contributed by atoms with Crippen molar-refractivity contribution < 1.29 is 14.3 Å². The summed E-state index contributed by atoms with van der Waals surface area (Å²) in [7, 11) is 3.45. The van der Waals surface area contributed by atoms with E-state index in [0.717, 1.165) is 38.3 Å². The Labute approximate surface area is 193 Å². The molecule has 0 radical (unpaired) electrons. The first-order valence-electron chi connectivity index (χ1n) is 10.3. The standard InChI is InChI=1S/C23H22N4O3S2/c1-4-30-14-7-8-16-18(11-14)31-23(26-16)27-21(28)20-19(24-2)15-9-12-5-6-13(29-3)10-17(12)25-22(15)32-20/h5-11,16,18,24H,4H2,1-3H3,(H,26,27,28). The van der Waals surface area contributed by atoms with Gasteiger partial charge >= 0.3 is 0 Å². The fourth-order valence-corrected chi connectivity index (χ4v) is 5.95. The first-order valence-corrected chi connectivity index (χ1v) is 12.0. The maximum Gasteiger partial charge on any atom is 0.269 e. The van der Waals surface area contributed by atoms with Crippen LogP contribution in [0, 0.1) is 0 Å². The molecule has 2 aliphatic rings. The molecular weight excluding hydrogens is 444 g/mol. The van der Waals surface area contributed by atoms with Gasteiger partial charge in [-0.05, 0) is 37.3 Å². The van der Waals surface area contributed by atoms with E-state index in [1.54, 1.807) is 7.11 Å². The van der Waals surface area contributed by atoms with Crippen LogP contribution in [0.5, 0.6) is 5.75 Å². The number of ether oxygens (including phenoxy) is 2. The van der Waals surface area contributed by atoms with Crippen molar-refractivity contribution in [3.05, 3.63) is 53.1 Å². The van der Waals surface area contributed by atoms with Crippen LogP contribution in [0.2, 0.25) is 0 Å². The number of amides is 1. The molecule has 0 spiro atoms. The summed E-state index contributed by atoms with van der Waals surface area (Å²) in [6.45, 7) is 2.58. The molecule has 7 nitrogen and oxygen atoms in total. The molecule has 32 heavy (non-hydrogen) atoms. The quantitative estimate of drug-likeness (QED) is 0.573. The van der Waals surface area contributed by atoms with Crippen molar-refractivity contribution in [2.45, 2.75) is 18.2 Å². The van der Waals surface area contributed by atoms with E-state index in [1.165, 1.54) is 23.1 Å². The van der Waals surface area contributed by atoms with Gasteiger partial charge in [0.2, 0.25) is 0 Å². The van der Waals surface area contributed by atoms with Crippen molar-refractivity contribution in [1.82, 2.24) is 10.3 Å². The second-order valence-corrected chi connectivity index (χ2v) is 9.44. The summed E-state index contributed by atoms with van der Waals surface area (Å²) >= 11 is 2.90. The average molecular weight is 467 g/mol. The van der Waals surface area contributed by atoms with Gasteiger partial charge in [0, 0.05) is 23.9 Å². The summed E-state index contributed by atoms with van der Waals surface area (Å²) in [5.74, 6) is 1.41. The number of amidine groups is 1. The number of carbonyl (C=O) groups is 1. The van der Waals surface area contributed by atoms with E-state index in [9.17, 15) is 4.79 Å². The Morgan fingerprint density at radius 2 is 2.16 bits per heavy atom. The summed E-state index contributed by atoms with van der Waals surface area (Å²) in [4.78, 5) is 24.0. The van der Waals surface area contributed by atoms with E-state index in [1.807, 2.05) is 44.3 Å². The highest BCUT2D eigenvalue weighted by Gasteiger charge is 2.31. The molecule has 2 unspecified atom stereocenters. The molecule has 9 heteroatoms. The zero-order valence-corrected chi connectivity index (χ0v) is 19.5. The molecule has 0 saturated carbocycles. The molecule has 5 rings (SSSR count). The highest BCUT2D eigenvalue weighted by atomic mass is 32.2. The van der Waals surface area contributed by atoms with Crippen LogP contribution in [-0.2, 0) is 4.74 Å². The van der Waals surface area contributed by atoms with E-state index in [2.05, 4.69) is 27.8 Å². The van der Waals surface area contributed by atoms with Gasteiger partial charge in [0.05, 0.1) is 36.2 Å². The second kappa shape index (κ2) is 8.48. The number of allylic oxidation sites excluding steroid dienone is 1. The van der Waals surface area contributed by atoms with Crippen molar-refractivity contribution in [1.29, 1.82) is 0 Å². The van der Waals surface area contributed by atoms with Gasteiger partial charge in [-0.25, -0.2) is 4.98 Å². The number of carbonyl (C=O) groups excluding carboxylic acids is 1. The van der Waals surface area contributed by atoms with Crippen molar-refractivity contribution >= 4 is 61.0 Å². The molecule has 1 aromatic carbocycles. The summed E-state index contributed by atoms with van der Waals surface area (Å²) in [5.41, 5.74) is 1.60. The summed E-state index contributed by atoms with van der Waals surface area (Å²) in [5, 5.41) is 8.82. The molecule has 2 atom stereocenters. The number of fused-ring (bicyclic) bond motifs is 3. The predicted octanol–water partition coefficient (Wildman–Crippen LogP) is 4.56. The molecular formula is C23H22N4O3S2. The van der Waals surface area contributed by atoms with Crippen molar-refractivity contribution in [2.24, 2.45) is 4.99 Å². The first kappa shape index (κ1) is 20.8. The Hall–Kier alpha value is -3.04. The van der Waals surface area contributed by atoms with Gasteiger partial charge < -0.3 is 20.1 Å². The third kappa shape index (κ3) is 3.71. The van der Waals surface area contributed by atoms with Gasteiger partial charge in [0.25, 0.3) is 5.91 Å². The van der Waals surface area contributed by atoms with Crippen LogP contribution in [0.1, 0.15) is 16.6 Å². The third-order valence-corrected chi connectivity index (χ3v) is 7.53. The van der Waals surface area contributed by atoms with Gasteiger partial charge in [-0.1, -0.05) is 17.8 Å². The van der Waals surface area contributed by atoms with Crippen LogP contribution in [0.3, 0.4) is 0 Å². The number of hydrogen-bond donors (Lipinski definition) is 2. The normalized spacial score (nSPS) is 19.5. The van der Waals surface area contributed by atoms with Crippen LogP contribution < -0.4 is 15.4 Å². The van der Waals surface area contributed by atoms with Crippen molar-refractivity contribution in [3.8, 4) is 5.75 Å². The van der Waals surface area contributed by atoms with E-state index >= 15 is 0 Å². The Morgan fingerprint density at radius 3 is 2.94 bits per heavy atom. The minimum atomic E-state index is -0.193. The van der Waals surface area contributed by atoms with Gasteiger partial charge in [-0.3, -0.25) is 9.79 Å². The number of pyridine rings is 1. The van der Waals surface area contributed by atoms with E-state index in [0.29, 0.717) is 16.7 Å². The maximum absolute atomic E-state index is 13.2. The monoisotopic (exact) mass is 466 g/mol. The second-order valence-electron chi connectivity index (χ2n) is 7.28. The van der Waals surface area contributed by atoms with E-state index in [4.69, 9.17) is 14.5 Å². The molecule has 3 heterocycles. The molecule has 0 saturated heterocycles. The van der Waals surface area contributed by atoms with Crippen LogP contribution in [0.4, 0.5) is 5.69 Å². The smallest absolute Gasteiger partial charge is 0.269 e. The average Bonchev–Trinajstić information content (AvgIpc) is 3.36. The molecule has 0 bridgehead atoms. The Kier molecular flexibility index (Phi) is 5.52. The number of rotatable bonds is 5. The Bertz CT molecular complexity index is 1310. The number of benzene rings is 1. The number of methoxy groups -OCH3 is 1. The molecule has 1 aliphatic carbocycles. The molecule has 2 N–H and O–H groups in total. The predicted molar refractivity (Wildman–Crippen MR) is 132 cm³/mol. The number of aliphatic imine (C=N–C) groups is 1. The van der Waals surface area contributed by atoms with Crippen molar-refractivity contribution in [3.63, 3.8) is 0 Å². The number of thiophene rings is 1. The molecule has 1 amide bonds. The molecule has 2 aromatic heterocycles. The fraction of sp³-hybridized carbons (Fsp3) is 0.261. The molecule has 0 fully saturated rings. The number of nitrogens with one attached hydrogen (secondary N) is 2. The first-order chi connectivity index (χ1) is 15.6. The summed E-state index contributed by atoms with van der Waals surface area (Å²) in [6.07, 6.45) is 6.02. The SMILES string of the molecule is CCOC1=CC2SC(NC(=O)c3sc4nc5cc(OC)ccc5cc4c3NC)=NC2C=C1. The number of aromatic nitrogens is 1. The third-order valence-electron chi connectivity index (χ3n) is 5.31. The lowest BCUT2D eigenvalue weighted by Gasteiger charge is -2.16. The number of nitrogens with zero attached hydrogens (tertiary/aromatic N) is 2. The Morgan fingerprint density at radius 1 is 1.28 bits per heavy atom. The highest BCUT2D eigenvalue weighted by molar-refractivity contribution is 8.14. The largest absolute Gasteiger partial charge is 0.497 e. The number of hydrogen-bond acceptors (Lipinski definition) is 8. The molecule has 3 aromatic rings. The number of anilines is 1. The summed E-state index contributed by atoms with van der Waals surface area (Å²) < 4.78 is 10.9. The minimum absolute atomic E-state index is 0.00707. The fourth-order valence-electron chi connectivity index (χ4n) is 3.80. The minimum Gasteiger partial charge on any atom is -0.497 e. The summed E-state index contributed by atoms with van der Waals surface area (Å²) in [6, 6.07) is 7.84. The zero-order valence-electron chi connectivity index (χ0n) is 17.8. The lowest BCUT2D eigenvalue weighted by Crippen LogP contribution is -2.27. The zero-order chi connectivity index (χ0) is 22.2. The van der Waals surface area contributed by atoms with Gasteiger partial charge in [0.1, 0.15) is 21.2 Å². The topological polar surface area (TPSA) is 84.8 Å². The van der Waals surface area contributed by atoms with Gasteiger partial charge in [-0.15, -0.1) is 11.3 Å². The Balaban J connectivity index is 1.42. The lowest BCUT2D eigenvalue weighted by molar-refractivity contribution is 0.0982. The van der Waals surface area contributed by atoms with Crippen molar-refractivity contribution in [2.75, 3.05) is 26.1 Å². The van der Waals surface area contributed by atoms with Crippen LogP contribution in [0.15, 0.2) is 53.2 Å². The maximum atomic E-state index is 13.2. The van der Waals surface area contributed by atoms with Crippen LogP contribution in [0.25, 0.3) is 21.1 Å². The van der Waals surface area contributed by atoms with E-state index < -0.39 is 0 Å². The van der Waals surface area contributed by atoms with E-state index in [-0.39, 0.29) is 17.2 Å². The molecule has 164 valence electrons. The van der Waals surface area contributed by atoms with Gasteiger partial charge in [-0.2, -0.15) is 0 Å². The lowest BCUT2D eigenvalue weighted by atomic mass is 10.1. The highest BCUT2D eigenvalue weighted by Crippen LogP contribution is 2.38. The molecule has 1 aliphatic heterocycles. The van der Waals surface area contributed by atoms with Crippen LogP contribution in [-0.4, -0.2) is 48.1 Å². The van der Waals surface area contributed by atoms with Gasteiger partial charge in [0.15, 0.2) is 5.17 Å². The van der Waals surface area contributed by atoms with Crippen LogP contribution >= 0.6 is 23.1 Å².